The summed E-state index contributed by atoms with van der Waals surface area (Å²) in [6.07, 6.45) is 11.3. The summed E-state index contributed by atoms with van der Waals surface area (Å²) in [4.78, 5) is 28.4. The molecule has 0 aromatic carbocycles. The van der Waals surface area contributed by atoms with E-state index < -0.39 is 0 Å². The van der Waals surface area contributed by atoms with Gasteiger partial charge in [-0.15, -0.1) is 0 Å². The van der Waals surface area contributed by atoms with Crippen LogP contribution in [-0.2, 0) is 4.79 Å². The lowest BCUT2D eigenvalue weighted by Gasteiger charge is -2.56. The van der Waals surface area contributed by atoms with Gasteiger partial charge >= 0.3 is 0 Å². The van der Waals surface area contributed by atoms with Gasteiger partial charge in [0.15, 0.2) is 0 Å². The average molecular weight is 392 g/mol. The third kappa shape index (κ3) is 3.21. The molecular weight excluding hydrogens is 370 g/mol. The molecule has 1 heterocycles. The molecule has 2 N–H and O–H groups in total. The van der Waals surface area contributed by atoms with E-state index in [1.54, 1.807) is 12.3 Å². The smallest absolute Gasteiger partial charge is 0.271 e. The third-order valence-corrected chi connectivity index (χ3v) is 6.42. The van der Waals surface area contributed by atoms with Crippen LogP contribution >= 0.6 is 15.9 Å². The molecule has 24 heavy (non-hydrogen) atoms. The molecule has 4 fully saturated rings. The minimum Gasteiger partial charge on any atom is -0.273 e. The van der Waals surface area contributed by atoms with Crippen molar-refractivity contribution in [3.05, 3.63) is 28.5 Å². The van der Waals surface area contributed by atoms with Crippen LogP contribution in [0.15, 0.2) is 22.9 Å². The third-order valence-electron chi connectivity index (χ3n) is 5.98. The highest BCUT2D eigenvalue weighted by Crippen LogP contribution is 2.61. The maximum atomic E-state index is 12.4. The summed E-state index contributed by atoms with van der Waals surface area (Å²) in [5.41, 5.74) is 5.70. The van der Waals surface area contributed by atoms with Crippen LogP contribution in [0.1, 0.15) is 55.3 Å². The minimum absolute atomic E-state index is 0.0757. The number of halogens is 1. The first-order valence-electron chi connectivity index (χ1n) is 8.71. The maximum Gasteiger partial charge on any atom is 0.271 e. The van der Waals surface area contributed by atoms with Crippen LogP contribution < -0.4 is 10.9 Å². The molecular formula is C18H22BrN3O2. The first-order valence-corrected chi connectivity index (χ1v) is 9.50. The summed E-state index contributed by atoms with van der Waals surface area (Å²) in [5.74, 6) is 2.06. The van der Waals surface area contributed by atoms with E-state index in [0.29, 0.717) is 12.0 Å². The monoisotopic (exact) mass is 391 g/mol. The van der Waals surface area contributed by atoms with Crippen LogP contribution in [0.25, 0.3) is 0 Å². The Labute approximate surface area is 150 Å². The number of rotatable bonds is 3. The molecule has 1 aromatic rings. The summed E-state index contributed by atoms with van der Waals surface area (Å²) in [6.45, 7) is 0. The Morgan fingerprint density at radius 2 is 1.71 bits per heavy atom. The van der Waals surface area contributed by atoms with E-state index in [9.17, 15) is 9.59 Å². The van der Waals surface area contributed by atoms with Crippen molar-refractivity contribution in [2.45, 2.75) is 44.9 Å². The van der Waals surface area contributed by atoms with Gasteiger partial charge in [0, 0.05) is 23.3 Å². The maximum absolute atomic E-state index is 12.4. The number of nitrogens with zero attached hydrogens (tertiary/aromatic N) is 1. The molecule has 4 saturated carbocycles. The topological polar surface area (TPSA) is 71.1 Å². The summed E-state index contributed by atoms with van der Waals surface area (Å²) in [6, 6.07) is 1.67. The van der Waals surface area contributed by atoms with Gasteiger partial charge < -0.3 is 0 Å². The second-order valence-electron chi connectivity index (χ2n) is 7.99. The fourth-order valence-corrected chi connectivity index (χ4v) is 5.99. The zero-order valence-corrected chi connectivity index (χ0v) is 15.1. The van der Waals surface area contributed by atoms with Gasteiger partial charge in [-0.3, -0.25) is 25.4 Å². The Kier molecular flexibility index (Phi) is 4.11. The standard InChI is InChI=1S/C18H22BrN3O2/c19-15-4-14(9-20-10-15)17(24)22-21-16(23)8-18-5-11-1-12(6-18)3-13(2-11)7-18/h4,9-13H,1-3,5-8H2,(H,21,23)(H,22,24). The summed E-state index contributed by atoms with van der Waals surface area (Å²) < 4.78 is 0.732. The number of nitrogens with one attached hydrogen (secondary N) is 2. The van der Waals surface area contributed by atoms with Crippen LogP contribution in [0.2, 0.25) is 0 Å². The van der Waals surface area contributed by atoms with E-state index in [1.165, 1.54) is 44.7 Å². The van der Waals surface area contributed by atoms with E-state index in [0.717, 1.165) is 22.2 Å². The number of hydrazine groups is 1. The highest BCUT2D eigenvalue weighted by Gasteiger charge is 2.51. The molecule has 5 rings (SSSR count). The van der Waals surface area contributed by atoms with Crippen molar-refractivity contribution < 1.29 is 9.59 Å². The fourth-order valence-electron chi connectivity index (χ4n) is 5.63. The molecule has 0 radical (unpaired) electrons. The van der Waals surface area contributed by atoms with Gasteiger partial charge in [0.05, 0.1) is 5.56 Å². The van der Waals surface area contributed by atoms with E-state index in [2.05, 4.69) is 31.8 Å². The lowest BCUT2D eigenvalue weighted by molar-refractivity contribution is -0.130. The number of amides is 2. The number of carbonyl (C=O) groups excluding carboxylic acids is 2. The molecule has 0 saturated heterocycles. The summed E-state index contributed by atoms with van der Waals surface area (Å²) in [7, 11) is 0. The molecule has 4 aliphatic rings. The lowest BCUT2D eigenvalue weighted by atomic mass is 9.49. The first kappa shape index (κ1) is 16.1. The molecule has 1 aromatic heterocycles. The first-order chi connectivity index (χ1) is 11.5. The Morgan fingerprint density at radius 3 is 2.29 bits per heavy atom. The van der Waals surface area contributed by atoms with E-state index in [1.807, 2.05) is 0 Å². The van der Waals surface area contributed by atoms with Gasteiger partial charge in [0.25, 0.3) is 5.91 Å². The molecule has 4 bridgehead atoms. The highest BCUT2D eigenvalue weighted by atomic mass is 79.9. The Balaban J connectivity index is 1.33. The number of hydrogen-bond donors (Lipinski definition) is 2. The van der Waals surface area contributed by atoms with Crippen molar-refractivity contribution in [1.82, 2.24) is 15.8 Å². The molecule has 2 amide bonds. The molecule has 6 heteroatoms. The number of pyridine rings is 1. The zero-order valence-electron chi connectivity index (χ0n) is 13.6. The molecule has 0 unspecified atom stereocenters. The van der Waals surface area contributed by atoms with Crippen molar-refractivity contribution >= 4 is 27.7 Å². The SMILES string of the molecule is O=C(CC12CC3CC(CC(C3)C1)C2)NNC(=O)c1cncc(Br)c1. The minimum atomic E-state index is -0.345. The summed E-state index contributed by atoms with van der Waals surface area (Å²) in [5, 5.41) is 0. The van der Waals surface area contributed by atoms with Crippen molar-refractivity contribution in [2.75, 3.05) is 0 Å². The Hall–Kier alpha value is -1.43. The predicted octanol–water partition coefficient (Wildman–Crippen LogP) is 3.21. The Morgan fingerprint density at radius 1 is 1.08 bits per heavy atom. The largest absolute Gasteiger partial charge is 0.273 e. The Bertz CT molecular complexity index is 641. The van der Waals surface area contributed by atoms with Gasteiger partial charge in [0.1, 0.15) is 0 Å². The molecule has 0 aliphatic heterocycles. The molecule has 0 atom stereocenters. The van der Waals surface area contributed by atoms with E-state index >= 15 is 0 Å². The average Bonchev–Trinajstić information content (AvgIpc) is 2.50. The zero-order chi connectivity index (χ0) is 16.7. The molecule has 0 spiro atoms. The van der Waals surface area contributed by atoms with E-state index in [4.69, 9.17) is 0 Å². The second kappa shape index (κ2) is 6.14. The van der Waals surface area contributed by atoms with Crippen molar-refractivity contribution in [1.29, 1.82) is 0 Å². The summed E-state index contributed by atoms with van der Waals surface area (Å²) >= 11 is 3.28. The normalized spacial score (nSPS) is 33.3. The lowest BCUT2D eigenvalue weighted by Crippen LogP contribution is -2.50. The van der Waals surface area contributed by atoms with Crippen LogP contribution in [0.4, 0.5) is 0 Å². The molecule has 4 aliphatic carbocycles. The van der Waals surface area contributed by atoms with Crippen LogP contribution in [0.3, 0.4) is 0 Å². The van der Waals surface area contributed by atoms with E-state index in [-0.39, 0.29) is 17.2 Å². The van der Waals surface area contributed by atoms with Gasteiger partial charge in [0.2, 0.25) is 5.91 Å². The van der Waals surface area contributed by atoms with Crippen molar-refractivity contribution in [2.24, 2.45) is 23.2 Å². The van der Waals surface area contributed by atoms with Gasteiger partial charge in [-0.05, 0) is 83.7 Å². The van der Waals surface area contributed by atoms with Crippen LogP contribution in [0, 0.1) is 23.2 Å². The van der Waals surface area contributed by atoms with Crippen molar-refractivity contribution in [3.63, 3.8) is 0 Å². The van der Waals surface area contributed by atoms with Gasteiger partial charge in [-0.25, -0.2) is 0 Å². The number of carbonyl (C=O) groups is 2. The fraction of sp³-hybridized carbons (Fsp3) is 0.611. The second-order valence-corrected chi connectivity index (χ2v) is 8.90. The quantitative estimate of drug-likeness (QED) is 0.776. The highest BCUT2D eigenvalue weighted by molar-refractivity contribution is 9.10. The number of aromatic nitrogens is 1. The van der Waals surface area contributed by atoms with Gasteiger partial charge in [-0.2, -0.15) is 0 Å². The predicted molar refractivity (Wildman–Crippen MR) is 92.8 cm³/mol. The van der Waals surface area contributed by atoms with Crippen molar-refractivity contribution in [3.8, 4) is 0 Å². The molecule has 5 nitrogen and oxygen atoms in total. The number of hydrogen-bond acceptors (Lipinski definition) is 3. The van der Waals surface area contributed by atoms with Gasteiger partial charge in [-0.1, -0.05) is 0 Å². The van der Waals surface area contributed by atoms with Crippen LogP contribution in [-0.4, -0.2) is 16.8 Å². The van der Waals surface area contributed by atoms with Crippen LogP contribution in [0.5, 0.6) is 0 Å². The molecule has 128 valence electrons.